The smallest absolute Gasteiger partial charge is 0.293 e. The van der Waals surface area contributed by atoms with Crippen molar-refractivity contribution in [3.8, 4) is 0 Å². The molecule has 0 aliphatic rings. The van der Waals surface area contributed by atoms with Crippen LogP contribution < -0.4 is 10.2 Å². The number of amides is 1. The number of nitrogens with one attached hydrogen (secondary N) is 1. The Morgan fingerprint density at radius 2 is 2.09 bits per heavy atom. The van der Waals surface area contributed by atoms with Crippen LogP contribution in [0.5, 0.6) is 0 Å². The molecule has 22 heavy (non-hydrogen) atoms. The average Bonchev–Trinajstić information content (AvgIpc) is 2.45. The van der Waals surface area contributed by atoms with Gasteiger partial charge in [-0.25, -0.2) is 0 Å². The van der Waals surface area contributed by atoms with Gasteiger partial charge in [0.25, 0.3) is 11.6 Å². The quantitative estimate of drug-likeness (QED) is 0.565. The van der Waals surface area contributed by atoms with E-state index in [2.05, 4.69) is 5.32 Å². The molecule has 0 aliphatic carbocycles. The topological polar surface area (TPSA) is 95.7 Å². The monoisotopic (exact) mass is 309 g/mol. The number of nitro benzene ring substituents is 1. The van der Waals surface area contributed by atoms with E-state index < -0.39 is 4.92 Å². The van der Waals surface area contributed by atoms with Crippen LogP contribution in [0.2, 0.25) is 0 Å². The van der Waals surface area contributed by atoms with Gasteiger partial charge >= 0.3 is 0 Å². The lowest BCUT2D eigenvalue weighted by atomic mass is 10.1. The molecule has 0 spiro atoms. The molecule has 1 rings (SSSR count). The van der Waals surface area contributed by atoms with Gasteiger partial charge in [0.05, 0.1) is 11.5 Å². The number of aliphatic hydroxyl groups is 1. The Hall–Kier alpha value is -2.15. The number of nitro groups is 1. The highest BCUT2D eigenvalue weighted by Gasteiger charge is 2.21. The maximum absolute atomic E-state index is 12.0. The van der Waals surface area contributed by atoms with Gasteiger partial charge in [0.2, 0.25) is 0 Å². The maximum Gasteiger partial charge on any atom is 0.293 e. The van der Waals surface area contributed by atoms with Crippen LogP contribution in [0.15, 0.2) is 18.2 Å². The van der Waals surface area contributed by atoms with E-state index in [1.54, 1.807) is 17.0 Å². The van der Waals surface area contributed by atoms with E-state index in [0.29, 0.717) is 18.8 Å². The summed E-state index contributed by atoms with van der Waals surface area (Å²) in [7, 11) is 0. The highest BCUT2D eigenvalue weighted by atomic mass is 16.6. The fraction of sp³-hybridized carbons (Fsp3) is 0.533. The van der Waals surface area contributed by atoms with Gasteiger partial charge in [-0.15, -0.1) is 0 Å². The van der Waals surface area contributed by atoms with Gasteiger partial charge in [-0.1, -0.05) is 6.92 Å². The van der Waals surface area contributed by atoms with E-state index in [1.165, 1.54) is 6.07 Å². The van der Waals surface area contributed by atoms with Gasteiger partial charge in [-0.3, -0.25) is 14.9 Å². The third kappa shape index (κ3) is 4.70. The number of anilines is 1. The summed E-state index contributed by atoms with van der Waals surface area (Å²) in [5.74, 6) is -0.339. The van der Waals surface area contributed by atoms with Gasteiger partial charge < -0.3 is 15.3 Å². The Bertz CT molecular complexity index is 526. The first kappa shape index (κ1) is 17.9. The molecule has 2 N–H and O–H groups in total. The van der Waals surface area contributed by atoms with Crippen molar-refractivity contribution in [1.82, 2.24) is 5.32 Å². The first-order chi connectivity index (χ1) is 10.4. The summed E-state index contributed by atoms with van der Waals surface area (Å²) in [6.07, 6.45) is 0.798. The Morgan fingerprint density at radius 3 is 2.59 bits per heavy atom. The predicted octanol–water partition coefficient (Wildman–Crippen LogP) is 1.94. The SMILES string of the molecule is CCCN(CCO)c1ccc(C(=O)NC(C)C)cc1[N+](=O)[O-]. The second-order valence-corrected chi connectivity index (χ2v) is 5.30. The van der Waals surface area contributed by atoms with Crippen molar-refractivity contribution in [3.63, 3.8) is 0 Å². The molecule has 0 aromatic heterocycles. The molecule has 1 aromatic carbocycles. The Kier molecular flexibility index (Phi) is 6.78. The highest BCUT2D eigenvalue weighted by molar-refractivity contribution is 5.95. The normalized spacial score (nSPS) is 10.6. The molecule has 0 saturated carbocycles. The van der Waals surface area contributed by atoms with Crippen molar-refractivity contribution in [2.45, 2.75) is 33.2 Å². The van der Waals surface area contributed by atoms with Gasteiger partial charge in [-0.05, 0) is 32.4 Å². The van der Waals surface area contributed by atoms with Crippen LogP contribution in [0, 0.1) is 10.1 Å². The zero-order chi connectivity index (χ0) is 16.7. The van der Waals surface area contributed by atoms with Crippen LogP contribution >= 0.6 is 0 Å². The first-order valence-corrected chi connectivity index (χ1v) is 7.35. The number of rotatable bonds is 8. The highest BCUT2D eigenvalue weighted by Crippen LogP contribution is 2.29. The van der Waals surface area contributed by atoms with E-state index in [-0.39, 0.29) is 29.8 Å². The summed E-state index contributed by atoms with van der Waals surface area (Å²) in [5, 5.41) is 23.1. The molecule has 0 fully saturated rings. The largest absolute Gasteiger partial charge is 0.395 e. The van der Waals surface area contributed by atoms with Gasteiger partial charge in [0.1, 0.15) is 5.69 Å². The average molecular weight is 309 g/mol. The second-order valence-electron chi connectivity index (χ2n) is 5.30. The first-order valence-electron chi connectivity index (χ1n) is 7.35. The molecule has 1 amide bonds. The molecule has 0 aliphatic heterocycles. The van der Waals surface area contributed by atoms with E-state index in [0.717, 1.165) is 6.42 Å². The molecule has 0 bridgehead atoms. The van der Waals surface area contributed by atoms with E-state index in [4.69, 9.17) is 5.11 Å². The number of hydrogen-bond donors (Lipinski definition) is 2. The molecule has 0 atom stereocenters. The summed E-state index contributed by atoms with van der Waals surface area (Å²) in [6, 6.07) is 4.38. The Labute approximate surface area is 130 Å². The summed E-state index contributed by atoms with van der Waals surface area (Å²) in [4.78, 5) is 24.5. The minimum atomic E-state index is -0.498. The molecule has 7 nitrogen and oxygen atoms in total. The molecular formula is C15H23N3O4. The second kappa shape index (κ2) is 8.33. The fourth-order valence-electron chi connectivity index (χ4n) is 2.17. The van der Waals surface area contributed by atoms with Gasteiger partial charge in [-0.2, -0.15) is 0 Å². The molecule has 0 saturated heterocycles. The molecule has 1 aromatic rings. The fourth-order valence-corrected chi connectivity index (χ4v) is 2.17. The van der Waals surface area contributed by atoms with Crippen LogP contribution in [-0.4, -0.2) is 41.7 Å². The minimum absolute atomic E-state index is 0.0442. The number of hydrogen-bond acceptors (Lipinski definition) is 5. The molecule has 0 radical (unpaired) electrons. The molecule has 122 valence electrons. The Morgan fingerprint density at radius 1 is 1.41 bits per heavy atom. The van der Waals surface area contributed by atoms with Crippen LogP contribution in [0.25, 0.3) is 0 Å². The van der Waals surface area contributed by atoms with Crippen molar-refractivity contribution in [2.24, 2.45) is 0 Å². The van der Waals surface area contributed by atoms with Gasteiger partial charge in [0, 0.05) is 30.8 Å². The van der Waals surface area contributed by atoms with E-state index in [1.807, 2.05) is 20.8 Å². The lowest BCUT2D eigenvalue weighted by Gasteiger charge is -2.23. The van der Waals surface area contributed by atoms with Crippen molar-refractivity contribution in [1.29, 1.82) is 0 Å². The van der Waals surface area contributed by atoms with Crippen LogP contribution in [0.4, 0.5) is 11.4 Å². The minimum Gasteiger partial charge on any atom is -0.395 e. The summed E-state index contributed by atoms with van der Waals surface area (Å²) in [6.45, 7) is 6.42. The standard InChI is InChI=1S/C15H23N3O4/c1-4-7-17(8-9-19)13-6-5-12(10-14(13)18(21)22)15(20)16-11(2)3/h5-6,10-11,19H,4,7-9H2,1-3H3,(H,16,20). The number of aliphatic hydroxyl groups excluding tert-OH is 1. The van der Waals surface area contributed by atoms with E-state index >= 15 is 0 Å². The van der Waals surface area contributed by atoms with Crippen LogP contribution in [0.3, 0.4) is 0 Å². The predicted molar refractivity (Wildman–Crippen MR) is 85.3 cm³/mol. The lowest BCUT2D eigenvalue weighted by molar-refractivity contribution is -0.384. The molecule has 7 heteroatoms. The third-order valence-electron chi connectivity index (χ3n) is 3.06. The molecule has 0 unspecified atom stereocenters. The van der Waals surface area contributed by atoms with Crippen molar-refractivity contribution >= 4 is 17.3 Å². The van der Waals surface area contributed by atoms with Crippen molar-refractivity contribution in [2.75, 3.05) is 24.6 Å². The molecular weight excluding hydrogens is 286 g/mol. The Balaban J connectivity index is 3.19. The number of carbonyl (C=O) groups is 1. The number of nitrogens with zero attached hydrogens (tertiary/aromatic N) is 2. The zero-order valence-electron chi connectivity index (χ0n) is 13.2. The van der Waals surface area contributed by atoms with Crippen molar-refractivity contribution < 1.29 is 14.8 Å². The summed E-state index contributed by atoms with van der Waals surface area (Å²) in [5.41, 5.74) is 0.546. The maximum atomic E-state index is 12.0. The van der Waals surface area contributed by atoms with Crippen molar-refractivity contribution in [3.05, 3.63) is 33.9 Å². The van der Waals surface area contributed by atoms with E-state index in [9.17, 15) is 14.9 Å². The molecule has 0 heterocycles. The zero-order valence-corrected chi connectivity index (χ0v) is 13.2. The summed E-state index contributed by atoms with van der Waals surface area (Å²) < 4.78 is 0. The van der Waals surface area contributed by atoms with Crippen LogP contribution in [0.1, 0.15) is 37.6 Å². The third-order valence-corrected chi connectivity index (χ3v) is 3.06. The summed E-state index contributed by atoms with van der Waals surface area (Å²) >= 11 is 0. The van der Waals surface area contributed by atoms with Crippen LogP contribution in [-0.2, 0) is 0 Å². The number of benzene rings is 1. The van der Waals surface area contributed by atoms with Gasteiger partial charge in [0.15, 0.2) is 0 Å². The number of carbonyl (C=O) groups excluding carboxylic acids is 1. The lowest BCUT2D eigenvalue weighted by Crippen LogP contribution is -2.31.